The van der Waals surface area contributed by atoms with Gasteiger partial charge >= 0.3 is 0 Å². The largest absolute Gasteiger partial charge is 0.327 e. The predicted octanol–water partition coefficient (Wildman–Crippen LogP) is 3.95. The first-order valence-corrected chi connectivity index (χ1v) is 8.29. The second-order valence-corrected chi connectivity index (χ2v) is 6.88. The molecule has 2 atom stereocenters. The van der Waals surface area contributed by atoms with E-state index in [1.54, 1.807) is 0 Å². The predicted molar refractivity (Wildman–Crippen MR) is 94.7 cm³/mol. The molecule has 1 amide bonds. The van der Waals surface area contributed by atoms with E-state index in [-0.39, 0.29) is 5.91 Å². The molecular formula is C20H24N2O. The van der Waals surface area contributed by atoms with Gasteiger partial charge in [-0.1, -0.05) is 38.1 Å². The van der Waals surface area contributed by atoms with Gasteiger partial charge in [0.15, 0.2) is 0 Å². The van der Waals surface area contributed by atoms with E-state index in [2.05, 4.69) is 31.3 Å². The maximum Gasteiger partial charge on any atom is 0.255 e. The Balaban J connectivity index is 1.62. The summed E-state index contributed by atoms with van der Waals surface area (Å²) < 4.78 is 0. The van der Waals surface area contributed by atoms with Crippen molar-refractivity contribution in [2.45, 2.75) is 38.6 Å². The number of nitrogens with two attached hydrogens (primary N) is 1. The zero-order valence-corrected chi connectivity index (χ0v) is 13.8. The summed E-state index contributed by atoms with van der Waals surface area (Å²) in [6.07, 6.45) is 2.10. The fraction of sp³-hybridized carbons (Fsp3) is 0.350. The SMILES string of the molecule is CC(C)Cc1ccc(C(=O)Nc2ccc([C@@H]3C[C@H]3N)cc2)cc1. The molecule has 3 heteroatoms. The second kappa shape index (κ2) is 6.55. The standard InChI is InChI=1S/C20H24N2O/c1-13(2)11-14-3-5-16(6-4-14)20(23)22-17-9-7-15(8-10-17)18-12-19(18)21/h3-10,13,18-19H,11-12,21H2,1-2H3,(H,22,23)/t18-,19+/m0/s1. The van der Waals surface area contributed by atoms with Gasteiger partial charge in [0, 0.05) is 23.2 Å². The van der Waals surface area contributed by atoms with Gasteiger partial charge in [0.05, 0.1) is 0 Å². The van der Waals surface area contributed by atoms with Crippen LogP contribution in [-0.4, -0.2) is 11.9 Å². The first-order chi connectivity index (χ1) is 11.0. The minimum Gasteiger partial charge on any atom is -0.327 e. The first kappa shape index (κ1) is 15.8. The fourth-order valence-corrected chi connectivity index (χ4v) is 2.88. The van der Waals surface area contributed by atoms with E-state index in [9.17, 15) is 4.79 Å². The topological polar surface area (TPSA) is 55.1 Å². The summed E-state index contributed by atoms with van der Waals surface area (Å²) in [6.45, 7) is 4.39. The third-order valence-electron chi connectivity index (χ3n) is 4.30. The monoisotopic (exact) mass is 308 g/mol. The summed E-state index contributed by atoms with van der Waals surface area (Å²) in [4.78, 5) is 12.3. The average molecular weight is 308 g/mol. The van der Waals surface area contributed by atoms with Crippen LogP contribution in [0.3, 0.4) is 0 Å². The number of carbonyl (C=O) groups excluding carboxylic acids is 1. The molecule has 0 aromatic heterocycles. The van der Waals surface area contributed by atoms with E-state index in [0.717, 1.165) is 18.5 Å². The van der Waals surface area contributed by atoms with Crippen molar-refractivity contribution in [3.05, 3.63) is 65.2 Å². The molecule has 3 nitrogen and oxygen atoms in total. The van der Waals surface area contributed by atoms with Crippen molar-refractivity contribution in [3.8, 4) is 0 Å². The molecule has 0 spiro atoms. The minimum atomic E-state index is -0.0722. The van der Waals surface area contributed by atoms with Gasteiger partial charge in [0.2, 0.25) is 0 Å². The number of hydrogen-bond donors (Lipinski definition) is 2. The van der Waals surface area contributed by atoms with Crippen molar-refractivity contribution in [1.29, 1.82) is 0 Å². The molecule has 1 aliphatic carbocycles. The van der Waals surface area contributed by atoms with E-state index >= 15 is 0 Å². The van der Waals surface area contributed by atoms with Crippen molar-refractivity contribution in [2.24, 2.45) is 11.7 Å². The molecule has 3 rings (SSSR count). The van der Waals surface area contributed by atoms with Crippen LogP contribution in [0.2, 0.25) is 0 Å². The van der Waals surface area contributed by atoms with E-state index in [1.807, 2.05) is 36.4 Å². The normalized spacial score (nSPS) is 19.7. The molecule has 1 aliphatic rings. The fourth-order valence-electron chi connectivity index (χ4n) is 2.88. The lowest BCUT2D eigenvalue weighted by molar-refractivity contribution is 0.102. The van der Waals surface area contributed by atoms with Gasteiger partial charge in [-0.05, 0) is 54.2 Å². The number of rotatable bonds is 5. The lowest BCUT2D eigenvalue weighted by atomic mass is 10.0. The molecule has 0 saturated heterocycles. The Morgan fingerprint density at radius 3 is 2.26 bits per heavy atom. The highest BCUT2D eigenvalue weighted by molar-refractivity contribution is 6.04. The zero-order valence-electron chi connectivity index (χ0n) is 13.8. The summed E-state index contributed by atoms with van der Waals surface area (Å²) in [5, 5.41) is 2.95. The van der Waals surface area contributed by atoms with E-state index < -0.39 is 0 Å². The maximum atomic E-state index is 12.3. The lowest BCUT2D eigenvalue weighted by Crippen LogP contribution is -2.12. The van der Waals surface area contributed by atoms with Crippen LogP contribution in [0.15, 0.2) is 48.5 Å². The van der Waals surface area contributed by atoms with Crippen molar-refractivity contribution in [3.63, 3.8) is 0 Å². The molecule has 1 saturated carbocycles. The Labute approximate surface area is 137 Å². The highest BCUT2D eigenvalue weighted by Crippen LogP contribution is 2.39. The van der Waals surface area contributed by atoms with E-state index in [1.165, 1.54) is 11.1 Å². The number of carbonyl (C=O) groups is 1. The Morgan fingerprint density at radius 2 is 1.74 bits per heavy atom. The molecule has 0 aliphatic heterocycles. The lowest BCUT2D eigenvalue weighted by Gasteiger charge is -2.08. The summed E-state index contributed by atoms with van der Waals surface area (Å²) >= 11 is 0. The van der Waals surface area contributed by atoms with Gasteiger partial charge < -0.3 is 11.1 Å². The molecule has 3 N–H and O–H groups in total. The van der Waals surface area contributed by atoms with Gasteiger partial charge in [-0.25, -0.2) is 0 Å². The summed E-state index contributed by atoms with van der Waals surface area (Å²) in [5.74, 6) is 1.04. The van der Waals surface area contributed by atoms with Crippen molar-refractivity contribution in [1.82, 2.24) is 0 Å². The quantitative estimate of drug-likeness (QED) is 0.878. The Hall–Kier alpha value is -2.13. The Morgan fingerprint density at radius 1 is 1.13 bits per heavy atom. The molecule has 0 bridgehead atoms. The van der Waals surface area contributed by atoms with Crippen molar-refractivity contribution >= 4 is 11.6 Å². The van der Waals surface area contributed by atoms with Gasteiger partial charge in [0.1, 0.15) is 0 Å². The second-order valence-electron chi connectivity index (χ2n) is 6.88. The minimum absolute atomic E-state index is 0.0722. The zero-order chi connectivity index (χ0) is 16.4. The highest BCUT2D eigenvalue weighted by Gasteiger charge is 2.34. The number of nitrogens with one attached hydrogen (secondary N) is 1. The van der Waals surface area contributed by atoms with Crippen molar-refractivity contribution in [2.75, 3.05) is 5.32 Å². The summed E-state index contributed by atoms with van der Waals surface area (Å²) in [7, 11) is 0. The summed E-state index contributed by atoms with van der Waals surface area (Å²) in [5.41, 5.74) is 9.89. The van der Waals surface area contributed by atoms with Crippen LogP contribution < -0.4 is 11.1 Å². The van der Waals surface area contributed by atoms with Crippen LogP contribution in [0.5, 0.6) is 0 Å². The molecule has 0 unspecified atom stereocenters. The van der Waals surface area contributed by atoms with Crippen LogP contribution in [-0.2, 0) is 6.42 Å². The van der Waals surface area contributed by atoms with Crippen molar-refractivity contribution < 1.29 is 4.79 Å². The van der Waals surface area contributed by atoms with Crippen LogP contribution in [0.1, 0.15) is 47.7 Å². The molecule has 23 heavy (non-hydrogen) atoms. The van der Waals surface area contributed by atoms with Crippen LogP contribution in [0.4, 0.5) is 5.69 Å². The van der Waals surface area contributed by atoms with E-state index in [4.69, 9.17) is 5.73 Å². The first-order valence-electron chi connectivity index (χ1n) is 8.29. The Kier molecular flexibility index (Phi) is 4.49. The highest BCUT2D eigenvalue weighted by atomic mass is 16.1. The number of hydrogen-bond acceptors (Lipinski definition) is 2. The van der Waals surface area contributed by atoms with Gasteiger partial charge in [0.25, 0.3) is 5.91 Å². The average Bonchev–Trinajstić information content (AvgIpc) is 3.25. The molecule has 0 heterocycles. The maximum absolute atomic E-state index is 12.3. The third-order valence-corrected chi connectivity index (χ3v) is 4.30. The van der Waals surface area contributed by atoms with Crippen LogP contribution in [0, 0.1) is 5.92 Å². The van der Waals surface area contributed by atoms with Gasteiger partial charge in [-0.15, -0.1) is 0 Å². The van der Waals surface area contributed by atoms with Gasteiger partial charge in [-0.2, -0.15) is 0 Å². The van der Waals surface area contributed by atoms with Crippen LogP contribution >= 0.6 is 0 Å². The molecule has 0 radical (unpaired) electrons. The third kappa shape index (κ3) is 3.99. The molecule has 2 aromatic carbocycles. The number of anilines is 1. The van der Waals surface area contributed by atoms with Crippen LogP contribution in [0.25, 0.3) is 0 Å². The Bertz CT molecular complexity index is 674. The van der Waals surface area contributed by atoms with Gasteiger partial charge in [-0.3, -0.25) is 4.79 Å². The molecule has 2 aromatic rings. The smallest absolute Gasteiger partial charge is 0.255 e. The molecular weight excluding hydrogens is 284 g/mol. The molecule has 1 fully saturated rings. The number of benzene rings is 2. The number of amides is 1. The summed E-state index contributed by atoms with van der Waals surface area (Å²) in [6, 6.07) is 16.2. The van der Waals surface area contributed by atoms with E-state index in [0.29, 0.717) is 23.4 Å². The molecule has 120 valence electrons.